The van der Waals surface area contributed by atoms with Gasteiger partial charge < -0.3 is 10.6 Å². The first kappa shape index (κ1) is 15.9. The van der Waals surface area contributed by atoms with Gasteiger partial charge in [-0.1, -0.05) is 19.8 Å². The molecule has 1 aliphatic rings. The Morgan fingerprint density at radius 2 is 1.95 bits per heavy atom. The average Bonchev–Trinajstić information content (AvgIpc) is 2.44. The lowest BCUT2D eigenvalue weighted by Crippen LogP contribution is -2.26. The van der Waals surface area contributed by atoms with Gasteiger partial charge in [-0.25, -0.2) is 0 Å². The lowest BCUT2D eigenvalue weighted by Gasteiger charge is -2.29. The summed E-state index contributed by atoms with van der Waals surface area (Å²) in [5.41, 5.74) is 3.18. The molecule has 21 heavy (non-hydrogen) atoms. The summed E-state index contributed by atoms with van der Waals surface area (Å²) in [4.78, 5) is 11.1. The van der Waals surface area contributed by atoms with Crippen LogP contribution in [0.25, 0.3) is 0 Å². The Balaban J connectivity index is 1.89. The quantitative estimate of drug-likeness (QED) is 0.822. The largest absolute Gasteiger partial charge is 0.382 e. The molecule has 1 amide bonds. The van der Waals surface area contributed by atoms with E-state index in [1.54, 1.807) is 6.92 Å². The van der Waals surface area contributed by atoms with Crippen LogP contribution in [-0.2, 0) is 4.79 Å². The van der Waals surface area contributed by atoms with Crippen molar-refractivity contribution in [1.82, 2.24) is 0 Å². The molecule has 0 radical (unpaired) electrons. The van der Waals surface area contributed by atoms with Crippen LogP contribution >= 0.6 is 0 Å². The maximum Gasteiger partial charge on any atom is 0.221 e. The number of hydrogen-bond donors (Lipinski definition) is 2. The number of hydrogen-bond acceptors (Lipinski definition) is 2. The Labute approximate surface area is 128 Å². The highest BCUT2D eigenvalue weighted by Gasteiger charge is 2.20. The highest BCUT2D eigenvalue weighted by atomic mass is 16.1. The first-order valence-corrected chi connectivity index (χ1v) is 8.23. The van der Waals surface area contributed by atoms with E-state index >= 15 is 0 Å². The van der Waals surface area contributed by atoms with Crippen molar-refractivity contribution in [3.8, 4) is 0 Å². The lowest BCUT2D eigenvalue weighted by atomic mass is 9.83. The molecule has 2 N–H and O–H groups in total. The zero-order chi connectivity index (χ0) is 15.2. The average molecular weight is 288 g/mol. The molecule has 0 saturated heterocycles. The van der Waals surface area contributed by atoms with E-state index < -0.39 is 0 Å². The van der Waals surface area contributed by atoms with Crippen LogP contribution in [0.4, 0.5) is 11.4 Å². The zero-order valence-corrected chi connectivity index (χ0v) is 13.5. The molecule has 1 aromatic carbocycles. The van der Waals surface area contributed by atoms with Crippen LogP contribution in [-0.4, -0.2) is 11.9 Å². The summed E-state index contributed by atoms with van der Waals surface area (Å²) in [6, 6.07) is 6.78. The number of nitrogens with one attached hydrogen (secondary N) is 2. The summed E-state index contributed by atoms with van der Waals surface area (Å²) in [5, 5.41) is 6.51. The smallest absolute Gasteiger partial charge is 0.221 e. The maximum atomic E-state index is 11.1. The molecule has 0 atom stereocenters. The molecule has 1 aromatic rings. The van der Waals surface area contributed by atoms with Crippen LogP contribution in [0.1, 0.15) is 57.9 Å². The van der Waals surface area contributed by atoms with E-state index in [9.17, 15) is 4.79 Å². The van der Waals surface area contributed by atoms with Gasteiger partial charge in [0.15, 0.2) is 0 Å². The van der Waals surface area contributed by atoms with Gasteiger partial charge in [-0.2, -0.15) is 0 Å². The number of rotatable bonds is 5. The van der Waals surface area contributed by atoms with E-state index in [1.165, 1.54) is 44.2 Å². The van der Waals surface area contributed by atoms with Crippen molar-refractivity contribution in [2.24, 2.45) is 5.92 Å². The second-order valence-corrected chi connectivity index (χ2v) is 6.36. The lowest BCUT2D eigenvalue weighted by molar-refractivity contribution is -0.114. The third-order valence-corrected chi connectivity index (χ3v) is 4.45. The fourth-order valence-corrected chi connectivity index (χ4v) is 3.32. The number of carbonyl (C=O) groups is 1. The molecule has 1 saturated carbocycles. The monoisotopic (exact) mass is 288 g/mol. The Bertz CT molecular complexity index is 476. The summed E-state index contributed by atoms with van der Waals surface area (Å²) in [6.07, 6.45) is 7.96. The Morgan fingerprint density at radius 1 is 1.24 bits per heavy atom. The van der Waals surface area contributed by atoms with E-state index in [0.717, 1.165) is 17.2 Å². The van der Waals surface area contributed by atoms with Gasteiger partial charge >= 0.3 is 0 Å². The molecule has 0 spiro atoms. The molecule has 0 heterocycles. The van der Waals surface area contributed by atoms with E-state index in [-0.39, 0.29) is 5.91 Å². The van der Waals surface area contributed by atoms with Crippen molar-refractivity contribution < 1.29 is 4.79 Å². The molecule has 2 rings (SSSR count). The molecule has 0 aromatic heterocycles. The Morgan fingerprint density at radius 3 is 2.52 bits per heavy atom. The first-order chi connectivity index (χ1) is 10.1. The van der Waals surface area contributed by atoms with Crippen molar-refractivity contribution in [1.29, 1.82) is 0 Å². The number of amides is 1. The predicted molar refractivity (Wildman–Crippen MR) is 89.8 cm³/mol. The molecular formula is C18H28N2O. The first-order valence-electron chi connectivity index (χ1n) is 8.23. The number of aryl methyl sites for hydroxylation is 1. The van der Waals surface area contributed by atoms with E-state index in [1.807, 2.05) is 13.0 Å². The third kappa shape index (κ3) is 4.76. The van der Waals surface area contributed by atoms with Gasteiger partial charge in [-0.15, -0.1) is 0 Å². The van der Waals surface area contributed by atoms with Gasteiger partial charge in [0.25, 0.3) is 0 Å². The summed E-state index contributed by atoms with van der Waals surface area (Å²) in [6.45, 7) is 5.86. The van der Waals surface area contributed by atoms with Crippen molar-refractivity contribution in [3.63, 3.8) is 0 Å². The molecule has 116 valence electrons. The summed E-state index contributed by atoms with van der Waals surface area (Å²) < 4.78 is 0. The fourth-order valence-electron chi connectivity index (χ4n) is 3.32. The van der Waals surface area contributed by atoms with Crippen LogP contribution in [0.3, 0.4) is 0 Å². The van der Waals surface area contributed by atoms with Gasteiger partial charge in [0.2, 0.25) is 5.91 Å². The van der Waals surface area contributed by atoms with E-state index in [4.69, 9.17) is 0 Å². The summed E-state index contributed by atoms with van der Waals surface area (Å²) in [7, 11) is 0. The van der Waals surface area contributed by atoms with Gasteiger partial charge in [0.1, 0.15) is 0 Å². The van der Waals surface area contributed by atoms with Gasteiger partial charge in [-0.05, 0) is 62.3 Å². The number of benzene rings is 1. The van der Waals surface area contributed by atoms with Crippen LogP contribution < -0.4 is 10.6 Å². The van der Waals surface area contributed by atoms with E-state index in [2.05, 4.69) is 29.7 Å². The minimum absolute atomic E-state index is 0.0203. The zero-order valence-electron chi connectivity index (χ0n) is 13.5. The number of carbonyl (C=O) groups excluding carboxylic acids is 1. The summed E-state index contributed by atoms with van der Waals surface area (Å²) in [5.74, 6) is 0.921. The van der Waals surface area contributed by atoms with Gasteiger partial charge in [0, 0.05) is 24.3 Å². The summed E-state index contributed by atoms with van der Waals surface area (Å²) >= 11 is 0. The molecule has 1 fully saturated rings. The molecule has 3 nitrogen and oxygen atoms in total. The minimum atomic E-state index is -0.0203. The van der Waals surface area contributed by atoms with Gasteiger partial charge in [0.05, 0.1) is 0 Å². The molecule has 0 bridgehead atoms. The van der Waals surface area contributed by atoms with Gasteiger partial charge in [-0.3, -0.25) is 4.79 Å². The molecule has 1 aliphatic carbocycles. The second-order valence-electron chi connectivity index (χ2n) is 6.36. The topological polar surface area (TPSA) is 41.1 Å². The van der Waals surface area contributed by atoms with Crippen molar-refractivity contribution in [2.45, 2.75) is 65.3 Å². The Hall–Kier alpha value is -1.51. The molecule has 0 unspecified atom stereocenters. The third-order valence-electron chi connectivity index (χ3n) is 4.45. The molecule has 3 heteroatoms. The van der Waals surface area contributed by atoms with Crippen molar-refractivity contribution in [3.05, 3.63) is 23.8 Å². The molecule has 0 aliphatic heterocycles. The maximum absolute atomic E-state index is 11.1. The highest BCUT2D eigenvalue weighted by molar-refractivity contribution is 5.89. The number of anilines is 2. The van der Waals surface area contributed by atoms with Crippen molar-refractivity contribution >= 4 is 17.3 Å². The minimum Gasteiger partial charge on any atom is -0.382 e. The SMILES string of the molecule is CCCC1CCC(Nc2ccc(NC(C)=O)c(C)c2)CC1. The van der Waals surface area contributed by atoms with Crippen LogP contribution in [0, 0.1) is 12.8 Å². The van der Waals surface area contributed by atoms with Crippen LogP contribution in [0.15, 0.2) is 18.2 Å². The predicted octanol–water partition coefficient (Wildman–Crippen LogP) is 4.72. The van der Waals surface area contributed by atoms with Crippen LogP contribution in [0.5, 0.6) is 0 Å². The Kier molecular flexibility index (Phi) is 5.66. The normalized spacial score (nSPS) is 21.9. The standard InChI is InChI=1S/C18H28N2O/c1-4-5-15-6-8-16(9-7-15)20-17-10-11-18(13(2)12-17)19-14(3)21/h10-12,15-16,20H,4-9H2,1-3H3,(H,19,21). The fraction of sp³-hybridized carbons (Fsp3) is 0.611. The highest BCUT2D eigenvalue weighted by Crippen LogP contribution is 2.30. The molecular weight excluding hydrogens is 260 g/mol. The van der Waals surface area contributed by atoms with E-state index in [0.29, 0.717) is 6.04 Å². The van der Waals surface area contributed by atoms with Crippen molar-refractivity contribution in [2.75, 3.05) is 10.6 Å². The second kappa shape index (κ2) is 7.48. The van der Waals surface area contributed by atoms with Crippen LogP contribution in [0.2, 0.25) is 0 Å².